The predicted octanol–water partition coefficient (Wildman–Crippen LogP) is 4.85. The maximum absolute atomic E-state index is 13.1. The SMILES string of the molecule is CC(=O)Nc1ccc(-c2csc(-c3cnccc3C(F)(F)F)n2)cc1. The zero-order chi connectivity index (χ0) is 18.0. The number of hydrogen-bond acceptors (Lipinski definition) is 4. The van der Waals surface area contributed by atoms with Crippen molar-refractivity contribution in [3.63, 3.8) is 0 Å². The van der Waals surface area contributed by atoms with Crippen molar-refractivity contribution in [2.45, 2.75) is 13.1 Å². The van der Waals surface area contributed by atoms with Crippen LogP contribution in [0.5, 0.6) is 0 Å². The molecule has 0 radical (unpaired) electrons. The molecule has 2 heterocycles. The van der Waals surface area contributed by atoms with Gasteiger partial charge in [-0.05, 0) is 18.2 Å². The number of pyridine rings is 1. The fourth-order valence-corrected chi connectivity index (χ4v) is 3.12. The summed E-state index contributed by atoms with van der Waals surface area (Å²) in [6.07, 6.45) is -2.18. The van der Waals surface area contributed by atoms with Crippen LogP contribution in [0.1, 0.15) is 12.5 Å². The van der Waals surface area contributed by atoms with Crippen molar-refractivity contribution in [3.05, 3.63) is 53.7 Å². The third-order valence-corrected chi connectivity index (χ3v) is 4.24. The Labute approximate surface area is 145 Å². The first kappa shape index (κ1) is 17.1. The predicted molar refractivity (Wildman–Crippen MR) is 90.1 cm³/mol. The number of alkyl halides is 3. The average Bonchev–Trinajstić information content (AvgIpc) is 3.04. The van der Waals surface area contributed by atoms with Crippen LogP contribution in [-0.2, 0) is 11.0 Å². The van der Waals surface area contributed by atoms with Crippen molar-refractivity contribution in [1.82, 2.24) is 9.97 Å². The van der Waals surface area contributed by atoms with Gasteiger partial charge in [-0.3, -0.25) is 9.78 Å². The van der Waals surface area contributed by atoms with E-state index in [2.05, 4.69) is 15.3 Å². The van der Waals surface area contributed by atoms with E-state index in [1.54, 1.807) is 29.6 Å². The number of amides is 1. The first-order chi connectivity index (χ1) is 11.8. The van der Waals surface area contributed by atoms with Crippen LogP contribution in [0.25, 0.3) is 21.8 Å². The Kier molecular flexibility index (Phi) is 4.54. The highest BCUT2D eigenvalue weighted by Gasteiger charge is 2.34. The summed E-state index contributed by atoms with van der Waals surface area (Å²) in [5.41, 5.74) is 1.14. The summed E-state index contributed by atoms with van der Waals surface area (Å²) < 4.78 is 39.4. The molecule has 2 aromatic heterocycles. The van der Waals surface area contributed by atoms with Gasteiger partial charge >= 0.3 is 6.18 Å². The molecule has 3 aromatic rings. The molecule has 1 amide bonds. The molecule has 0 saturated heterocycles. The van der Waals surface area contributed by atoms with Gasteiger partial charge in [-0.25, -0.2) is 4.98 Å². The van der Waals surface area contributed by atoms with Crippen LogP contribution < -0.4 is 5.32 Å². The van der Waals surface area contributed by atoms with Crippen LogP contribution in [0.15, 0.2) is 48.1 Å². The van der Waals surface area contributed by atoms with Gasteiger partial charge in [-0.2, -0.15) is 13.2 Å². The molecule has 0 aliphatic rings. The van der Waals surface area contributed by atoms with E-state index in [-0.39, 0.29) is 16.5 Å². The molecule has 4 nitrogen and oxygen atoms in total. The van der Waals surface area contributed by atoms with Crippen molar-refractivity contribution in [2.75, 3.05) is 5.32 Å². The monoisotopic (exact) mass is 363 g/mol. The second-order valence-electron chi connectivity index (χ2n) is 5.22. The molecule has 8 heteroatoms. The third kappa shape index (κ3) is 3.85. The van der Waals surface area contributed by atoms with Crippen molar-refractivity contribution in [1.29, 1.82) is 0 Å². The number of aromatic nitrogens is 2. The Bertz CT molecular complexity index is 904. The highest BCUT2D eigenvalue weighted by Crippen LogP contribution is 2.38. The van der Waals surface area contributed by atoms with E-state index >= 15 is 0 Å². The van der Waals surface area contributed by atoms with E-state index in [0.717, 1.165) is 29.2 Å². The second kappa shape index (κ2) is 6.64. The van der Waals surface area contributed by atoms with Gasteiger partial charge in [0.1, 0.15) is 5.01 Å². The molecule has 0 atom stereocenters. The topological polar surface area (TPSA) is 54.9 Å². The number of nitrogens with zero attached hydrogens (tertiary/aromatic N) is 2. The fourth-order valence-electron chi connectivity index (χ4n) is 2.27. The van der Waals surface area contributed by atoms with Crippen LogP contribution in [0.2, 0.25) is 0 Å². The Morgan fingerprint density at radius 1 is 1.16 bits per heavy atom. The minimum atomic E-state index is -4.47. The molecule has 0 unspecified atom stereocenters. The lowest BCUT2D eigenvalue weighted by Crippen LogP contribution is -2.07. The van der Waals surface area contributed by atoms with Gasteiger partial charge in [0.25, 0.3) is 0 Å². The van der Waals surface area contributed by atoms with Crippen LogP contribution in [0.3, 0.4) is 0 Å². The van der Waals surface area contributed by atoms with Gasteiger partial charge < -0.3 is 5.32 Å². The number of rotatable bonds is 3. The molecule has 0 aliphatic carbocycles. The molecule has 0 aliphatic heterocycles. The zero-order valence-electron chi connectivity index (χ0n) is 13.0. The number of anilines is 1. The number of halogens is 3. The summed E-state index contributed by atoms with van der Waals surface area (Å²) in [5, 5.41) is 4.59. The summed E-state index contributed by atoms with van der Waals surface area (Å²) >= 11 is 1.12. The normalized spacial score (nSPS) is 11.4. The average molecular weight is 363 g/mol. The Morgan fingerprint density at radius 2 is 1.88 bits per heavy atom. The van der Waals surface area contributed by atoms with E-state index in [1.807, 2.05) is 0 Å². The fraction of sp³-hybridized carbons (Fsp3) is 0.118. The summed E-state index contributed by atoms with van der Waals surface area (Å²) in [7, 11) is 0. The molecule has 1 N–H and O–H groups in total. The van der Waals surface area contributed by atoms with Crippen molar-refractivity contribution in [3.8, 4) is 21.8 Å². The molecular formula is C17H12F3N3OS. The lowest BCUT2D eigenvalue weighted by Gasteiger charge is -2.09. The van der Waals surface area contributed by atoms with Gasteiger partial charge in [-0.1, -0.05) is 12.1 Å². The molecule has 128 valence electrons. The highest BCUT2D eigenvalue weighted by atomic mass is 32.1. The standard InChI is InChI=1S/C17H12F3N3OS/c1-10(24)22-12-4-2-11(3-5-12)15-9-25-16(23-15)13-8-21-7-6-14(13)17(18,19)20/h2-9H,1H3,(H,22,24). The lowest BCUT2D eigenvalue weighted by molar-refractivity contribution is -0.137. The molecule has 0 fully saturated rings. The largest absolute Gasteiger partial charge is 0.417 e. The van der Waals surface area contributed by atoms with E-state index in [1.165, 1.54) is 13.1 Å². The number of thiazole rings is 1. The van der Waals surface area contributed by atoms with Crippen LogP contribution in [0, 0.1) is 0 Å². The quantitative estimate of drug-likeness (QED) is 0.724. The maximum Gasteiger partial charge on any atom is 0.417 e. The molecular weight excluding hydrogens is 351 g/mol. The lowest BCUT2D eigenvalue weighted by atomic mass is 10.1. The number of nitrogens with one attached hydrogen (secondary N) is 1. The molecule has 0 spiro atoms. The minimum absolute atomic E-state index is 0.0406. The second-order valence-corrected chi connectivity index (χ2v) is 6.07. The van der Waals surface area contributed by atoms with Gasteiger partial charge in [0.05, 0.1) is 11.3 Å². The van der Waals surface area contributed by atoms with E-state index in [9.17, 15) is 18.0 Å². The van der Waals surface area contributed by atoms with Crippen LogP contribution in [-0.4, -0.2) is 15.9 Å². The van der Waals surface area contributed by atoms with Gasteiger partial charge in [0.2, 0.25) is 5.91 Å². The third-order valence-electron chi connectivity index (χ3n) is 3.36. The summed E-state index contributed by atoms with van der Waals surface area (Å²) in [4.78, 5) is 19.1. The number of benzene rings is 1. The van der Waals surface area contributed by atoms with E-state index in [4.69, 9.17) is 0 Å². The highest BCUT2D eigenvalue weighted by molar-refractivity contribution is 7.13. The van der Waals surface area contributed by atoms with Crippen molar-refractivity contribution >= 4 is 22.9 Å². The first-order valence-electron chi connectivity index (χ1n) is 7.20. The zero-order valence-corrected chi connectivity index (χ0v) is 13.8. The van der Waals surface area contributed by atoms with Crippen LogP contribution in [0.4, 0.5) is 18.9 Å². The maximum atomic E-state index is 13.1. The van der Waals surface area contributed by atoms with E-state index < -0.39 is 11.7 Å². The summed E-state index contributed by atoms with van der Waals surface area (Å²) in [6, 6.07) is 7.86. The Balaban J connectivity index is 1.92. The van der Waals surface area contributed by atoms with Crippen molar-refractivity contribution < 1.29 is 18.0 Å². The minimum Gasteiger partial charge on any atom is -0.326 e. The van der Waals surface area contributed by atoms with Crippen molar-refractivity contribution in [2.24, 2.45) is 0 Å². The molecule has 1 aromatic carbocycles. The van der Waals surface area contributed by atoms with Gasteiger partial charge in [-0.15, -0.1) is 11.3 Å². The van der Waals surface area contributed by atoms with E-state index in [0.29, 0.717) is 11.4 Å². The Morgan fingerprint density at radius 3 is 2.52 bits per heavy atom. The molecule has 0 bridgehead atoms. The van der Waals surface area contributed by atoms with Gasteiger partial charge in [0, 0.05) is 41.5 Å². The first-order valence-corrected chi connectivity index (χ1v) is 8.07. The Hall–Kier alpha value is -2.74. The number of hydrogen-bond donors (Lipinski definition) is 1. The summed E-state index contributed by atoms with van der Waals surface area (Å²) in [6.45, 7) is 1.41. The van der Waals surface area contributed by atoms with Crippen LogP contribution >= 0.6 is 11.3 Å². The summed E-state index contributed by atoms with van der Waals surface area (Å²) in [5.74, 6) is -0.181. The number of carbonyl (C=O) groups excluding carboxylic acids is 1. The number of carbonyl (C=O) groups is 1. The molecule has 25 heavy (non-hydrogen) atoms. The van der Waals surface area contributed by atoms with Gasteiger partial charge in [0.15, 0.2) is 0 Å². The molecule has 0 saturated carbocycles. The molecule has 3 rings (SSSR count). The smallest absolute Gasteiger partial charge is 0.326 e.